The molecule has 0 aromatic heterocycles. The van der Waals surface area contributed by atoms with Gasteiger partial charge in [-0.25, -0.2) is 0 Å². The summed E-state index contributed by atoms with van der Waals surface area (Å²) < 4.78 is 0. The Balaban J connectivity index is 2.88. The molecule has 0 saturated carbocycles. The predicted molar refractivity (Wildman–Crippen MR) is 98.4 cm³/mol. The molecule has 1 aromatic carbocycles. The first-order valence-electron chi connectivity index (χ1n) is 8.21. The largest absolute Gasteiger partial charge is 0.362 e. The average Bonchev–Trinajstić information content (AvgIpc) is 2.44. The highest BCUT2D eigenvalue weighted by Crippen LogP contribution is 2.29. The molecule has 3 heteroatoms. The molecule has 0 saturated heterocycles. The van der Waals surface area contributed by atoms with Crippen molar-refractivity contribution in [2.45, 2.75) is 66.7 Å². The van der Waals surface area contributed by atoms with Crippen LogP contribution >= 0.6 is 12.2 Å². The van der Waals surface area contributed by atoms with Gasteiger partial charge in [0.1, 0.15) is 0 Å². The third-order valence-electron chi connectivity index (χ3n) is 4.00. The van der Waals surface area contributed by atoms with Crippen LogP contribution in [-0.4, -0.2) is 11.7 Å². The number of hydrogen-bond donors (Lipinski definition) is 2. The van der Waals surface area contributed by atoms with Crippen LogP contribution in [0.2, 0.25) is 0 Å². The van der Waals surface area contributed by atoms with Crippen LogP contribution < -0.4 is 10.6 Å². The van der Waals surface area contributed by atoms with E-state index < -0.39 is 0 Å². The van der Waals surface area contributed by atoms with Gasteiger partial charge in [0.15, 0.2) is 5.11 Å². The van der Waals surface area contributed by atoms with Crippen molar-refractivity contribution in [3.05, 3.63) is 28.3 Å². The van der Waals surface area contributed by atoms with E-state index in [9.17, 15) is 0 Å². The van der Waals surface area contributed by atoms with Crippen molar-refractivity contribution in [2.75, 3.05) is 11.9 Å². The van der Waals surface area contributed by atoms with Crippen LogP contribution in [0.4, 0.5) is 5.69 Å². The number of anilines is 1. The van der Waals surface area contributed by atoms with Crippen molar-refractivity contribution in [3.63, 3.8) is 0 Å². The van der Waals surface area contributed by atoms with Crippen LogP contribution in [0, 0.1) is 13.8 Å². The molecule has 0 spiro atoms. The third kappa shape index (κ3) is 4.99. The Morgan fingerprint density at radius 2 is 1.57 bits per heavy atom. The van der Waals surface area contributed by atoms with E-state index in [4.69, 9.17) is 12.2 Å². The van der Waals surface area contributed by atoms with Crippen molar-refractivity contribution in [2.24, 2.45) is 0 Å². The summed E-state index contributed by atoms with van der Waals surface area (Å²) in [7, 11) is 0. The minimum Gasteiger partial charge on any atom is -0.362 e. The van der Waals surface area contributed by atoms with Gasteiger partial charge in [-0.3, -0.25) is 0 Å². The van der Waals surface area contributed by atoms with E-state index in [-0.39, 0.29) is 0 Å². The molecule has 1 rings (SSSR count). The number of aryl methyl sites for hydroxylation is 2. The van der Waals surface area contributed by atoms with E-state index in [0.29, 0.717) is 0 Å². The summed E-state index contributed by atoms with van der Waals surface area (Å²) in [5, 5.41) is 7.54. The fourth-order valence-electron chi connectivity index (χ4n) is 2.87. The average molecular weight is 307 g/mol. The summed E-state index contributed by atoms with van der Waals surface area (Å²) in [5.74, 6) is 0. The fourth-order valence-corrected chi connectivity index (χ4v) is 3.08. The lowest BCUT2D eigenvalue weighted by Gasteiger charge is -2.20. The highest BCUT2D eigenvalue weighted by molar-refractivity contribution is 7.80. The first kappa shape index (κ1) is 18.0. The minimum absolute atomic E-state index is 0.750. The molecule has 0 aliphatic rings. The van der Waals surface area contributed by atoms with E-state index in [1.54, 1.807) is 0 Å². The zero-order valence-corrected chi connectivity index (χ0v) is 15.0. The second-order valence-corrected chi connectivity index (χ2v) is 6.05. The topological polar surface area (TPSA) is 24.1 Å². The number of thiocarbonyl (C=S) groups is 1. The lowest BCUT2D eigenvalue weighted by molar-refractivity contribution is 0.697. The Labute approximate surface area is 135 Å². The first-order chi connectivity index (χ1) is 10.0. The Morgan fingerprint density at radius 1 is 1.00 bits per heavy atom. The SMILES string of the molecule is CCCCCNC(=S)Nc1c(CC)c(C)cc(C)c1CC. The summed E-state index contributed by atoms with van der Waals surface area (Å²) in [6.07, 6.45) is 5.71. The van der Waals surface area contributed by atoms with Gasteiger partial charge >= 0.3 is 0 Å². The molecular formula is C18H30N2S. The summed E-state index contributed by atoms with van der Waals surface area (Å²) in [5.41, 5.74) is 6.70. The van der Waals surface area contributed by atoms with Gasteiger partial charge in [-0.2, -0.15) is 0 Å². The standard InChI is InChI=1S/C18H30N2S/c1-6-9-10-11-19-18(21)20-17-15(7-2)13(4)12-14(5)16(17)8-3/h12H,6-11H2,1-5H3,(H2,19,20,21). The van der Waals surface area contributed by atoms with Crippen molar-refractivity contribution in [1.29, 1.82) is 0 Å². The van der Waals surface area contributed by atoms with Gasteiger partial charge in [-0.1, -0.05) is 39.7 Å². The summed E-state index contributed by atoms with van der Waals surface area (Å²) in [6.45, 7) is 12.0. The fraction of sp³-hybridized carbons (Fsp3) is 0.611. The summed E-state index contributed by atoms with van der Waals surface area (Å²) in [4.78, 5) is 0. The first-order valence-corrected chi connectivity index (χ1v) is 8.62. The maximum absolute atomic E-state index is 5.47. The van der Waals surface area contributed by atoms with Crippen LogP contribution in [0.5, 0.6) is 0 Å². The number of rotatable bonds is 7. The molecule has 118 valence electrons. The van der Waals surface area contributed by atoms with E-state index in [1.165, 1.54) is 47.2 Å². The van der Waals surface area contributed by atoms with Crippen LogP contribution in [0.25, 0.3) is 0 Å². The van der Waals surface area contributed by atoms with Gasteiger partial charge in [-0.15, -0.1) is 0 Å². The molecule has 0 aliphatic heterocycles. The van der Waals surface area contributed by atoms with E-state index in [2.05, 4.69) is 51.3 Å². The molecule has 2 N–H and O–H groups in total. The molecule has 0 radical (unpaired) electrons. The molecule has 0 aliphatic carbocycles. The number of unbranched alkanes of at least 4 members (excludes halogenated alkanes) is 2. The van der Waals surface area contributed by atoms with E-state index >= 15 is 0 Å². The normalized spacial score (nSPS) is 10.5. The summed E-state index contributed by atoms with van der Waals surface area (Å²) >= 11 is 5.47. The van der Waals surface area contributed by atoms with Gasteiger partial charge in [-0.05, 0) is 67.6 Å². The minimum atomic E-state index is 0.750. The van der Waals surface area contributed by atoms with Crippen LogP contribution in [-0.2, 0) is 12.8 Å². The monoisotopic (exact) mass is 306 g/mol. The van der Waals surface area contributed by atoms with Crippen molar-refractivity contribution in [3.8, 4) is 0 Å². The lowest BCUT2D eigenvalue weighted by Crippen LogP contribution is -2.30. The van der Waals surface area contributed by atoms with Gasteiger partial charge < -0.3 is 10.6 Å². The number of nitrogens with one attached hydrogen (secondary N) is 2. The van der Waals surface area contributed by atoms with Crippen LogP contribution in [0.1, 0.15) is 62.3 Å². The maximum Gasteiger partial charge on any atom is 0.170 e. The Kier molecular flexibility index (Phi) is 7.73. The maximum atomic E-state index is 5.47. The van der Waals surface area contributed by atoms with Gasteiger partial charge in [0.25, 0.3) is 0 Å². The number of benzene rings is 1. The zero-order chi connectivity index (χ0) is 15.8. The van der Waals surface area contributed by atoms with Gasteiger partial charge in [0.2, 0.25) is 0 Å². The second kappa shape index (κ2) is 9.04. The smallest absolute Gasteiger partial charge is 0.170 e. The second-order valence-electron chi connectivity index (χ2n) is 5.64. The molecule has 0 amide bonds. The molecule has 2 nitrogen and oxygen atoms in total. The van der Waals surface area contributed by atoms with Gasteiger partial charge in [0.05, 0.1) is 0 Å². The van der Waals surface area contributed by atoms with Crippen molar-refractivity contribution in [1.82, 2.24) is 5.32 Å². The quantitative estimate of drug-likeness (QED) is 0.553. The summed E-state index contributed by atoms with van der Waals surface area (Å²) in [6, 6.07) is 2.29. The van der Waals surface area contributed by atoms with Crippen molar-refractivity contribution < 1.29 is 0 Å². The molecule has 0 bridgehead atoms. The molecule has 0 heterocycles. The molecule has 1 aromatic rings. The Bertz CT molecular complexity index is 452. The Morgan fingerprint density at radius 3 is 2.05 bits per heavy atom. The van der Waals surface area contributed by atoms with Gasteiger partial charge in [0, 0.05) is 12.2 Å². The molecule has 21 heavy (non-hydrogen) atoms. The Hall–Kier alpha value is -1.09. The molecule has 0 fully saturated rings. The van der Waals surface area contributed by atoms with Crippen molar-refractivity contribution >= 4 is 23.0 Å². The molecule has 0 unspecified atom stereocenters. The predicted octanol–water partition coefficient (Wildman–Crippen LogP) is 4.90. The number of hydrogen-bond acceptors (Lipinski definition) is 1. The van der Waals surface area contributed by atoms with Crippen LogP contribution in [0.3, 0.4) is 0 Å². The highest BCUT2D eigenvalue weighted by Gasteiger charge is 2.13. The molecular weight excluding hydrogens is 276 g/mol. The van der Waals surface area contributed by atoms with E-state index in [0.717, 1.165) is 24.5 Å². The van der Waals surface area contributed by atoms with E-state index in [1.807, 2.05) is 0 Å². The zero-order valence-electron chi connectivity index (χ0n) is 14.2. The third-order valence-corrected chi connectivity index (χ3v) is 4.25. The highest BCUT2D eigenvalue weighted by atomic mass is 32.1. The lowest BCUT2D eigenvalue weighted by atomic mass is 9.94. The van der Waals surface area contributed by atoms with Crippen LogP contribution in [0.15, 0.2) is 6.07 Å². The molecule has 0 atom stereocenters.